The number of carbonyl (C=O) groups is 1. The predicted molar refractivity (Wildman–Crippen MR) is 123 cm³/mol. The molecule has 11 nitrogen and oxygen atoms in total. The van der Waals surface area contributed by atoms with Crippen molar-refractivity contribution >= 4 is 23.6 Å². The van der Waals surface area contributed by atoms with E-state index in [0.29, 0.717) is 0 Å². The van der Waals surface area contributed by atoms with Gasteiger partial charge in [-0.1, -0.05) is 30.3 Å². The summed E-state index contributed by atoms with van der Waals surface area (Å²) in [4.78, 5) is 12.3. The van der Waals surface area contributed by atoms with Crippen LogP contribution in [0.4, 0.5) is 0 Å². The summed E-state index contributed by atoms with van der Waals surface area (Å²) in [6.07, 6.45) is -5.01. The molecule has 2 heterocycles. The van der Waals surface area contributed by atoms with Crippen LogP contribution < -0.4 is 0 Å². The Morgan fingerprint density at radius 1 is 1.06 bits per heavy atom. The first-order valence-electron chi connectivity index (χ1n) is 11.4. The highest BCUT2D eigenvalue weighted by molar-refractivity contribution is 6.22. The van der Waals surface area contributed by atoms with Crippen molar-refractivity contribution in [3.05, 3.63) is 54.3 Å². The summed E-state index contributed by atoms with van der Waals surface area (Å²) in [5.74, 6) is -2.62. The van der Waals surface area contributed by atoms with E-state index < -0.39 is 85.1 Å². The maximum absolute atomic E-state index is 12.3. The van der Waals surface area contributed by atoms with E-state index in [1.807, 2.05) is 6.07 Å². The van der Waals surface area contributed by atoms with E-state index in [9.17, 15) is 35.4 Å². The summed E-state index contributed by atoms with van der Waals surface area (Å²) in [7, 11) is 0. The summed E-state index contributed by atoms with van der Waals surface area (Å²) in [5.41, 5.74) is -1.26. The number of carbonyl (C=O) groups excluding carboxylic acids is 1. The second-order valence-electron chi connectivity index (χ2n) is 9.00. The third kappa shape index (κ3) is 5.17. The predicted octanol–water partition coefficient (Wildman–Crippen LogP) is -1.13. The van der Waals surface area contributed by atoms with Gasteiger partial charge >= 0.3 is 5.97 Å². The van der Waals surface area contributed by atoms with Crippen molar-refractivity contribution in [1.82, 2.24) is 0 Å². The summed E-state index contributed by atoms with van der Waals surface area (Å²) >= 11 is 6.38. The molecule has 2 unspecified atom stereocenters. The van der Waals surface area contributed by atoms with Gasteiger partial charge in [-0.3, -0.25) is 0 Å². The Balaban J connectivity index is 1.49. The molecule has 1 aliphatic carbocycles. The lowest BCUT2D eigenvalue weighted by Gasteiger charge is -2.44. The van der Waals surface area contributed by atoms with Crippen molar-refractivity contribution in [2.24, 2.45) is 11.8 Å². The quantitative estimate of drug-likeness (QED) is 0.143. The number of aliphatic hydroxyl groups is 6. The molecule has 0 bridgehead atoms. The van der Waals surface area contributed by atoms with Gasteiger partial charge in [0.1, 0.15) is 36.6 Å². The van der Waals surface area contributed by atoms with E-state index in [1.165, 1.54) is 24.5 Å². The Morgan fingerprint density at radius 2 is 1.78 bits per heavy atom. The first-order valence-corrected chi connectivity index (χ1v) is 11.8. The number of alkyl halides is 1. The van der Waals surface area contributed by atoms with Gasteiger partial charge in [-0.2, -0.15) is 0 Å². The molecule has 1 aromatic rings. The third-order valence-electron chi connectivity index (χ3n) is 6.74. The van der Waals surface area contributed by atoms with Crippen LogP contribution in [-0.2, 0) is 23.7 Å². The van der Waals surface area contributed by atoms with Crippen LogP contribution in [0.2, 0.25) is 0 Å². The largest absolute Gasteiger partial charge is 0.472 e. The normalized spacial score (nSPS) is 42.2. The van der Waals surface area contributed by atoms with Crippen molar-refractivity contribution < 1.29 is 54.4 Å². The number of fused-ring (bicyclic) bond motifs is 1. The topological polar surface area (TPSA) is 175 Å². The Morgan fingerprint density at radius 3 is 2.47 bits per heavy atom. The Hall–Kier alpha value is -2.06. The highest BCUT2D eigenvalue weighted by atomic mass is 35.5. The first kappa shape index (κ1) is 27.0. The van der Waals surface area contributed by atoms with Crippen LogP contribution in [0.15, 0.2) is 48.7 Å². The molecular weight excluding hydrogens is 500 g/mol. The minimum atomic E-state index is -2.02. The summed E-state index contributed by atoms with van der Waals surface area (Å²) in [6, 6.07) is 9.01. The van der Waals surface area contributed by atoms with Crippen LogP contribution >= 0.6 is 11.6 Å². The van der Waals surface area contributed by atoms with Gasteiger partial charge in [0.15, 0.2) is 6.29 Å². The molecule has 36 heavy (non-hydrogen) atoms. The second kappa shape index (κ2) is 11.1. The van der Waals surface area contributed by atoms with E-state index in [-0.39, 0.29) is 0 Å². The van der Waals surface area contributed by atoms with Crippen molar-refractivity contribution in [3.8, 4) is 0 Å². The molecule has 0 radical (unpaired) electrons. The molecule has 198 valence electrons. The van der Waals surface area contributed by atoms with Crippen molar-refractivity contribution in [2.75, 3.05) is 13.2 Å². The molecule has 1 saturated heterocycles. The molecule has 2 aliphatic heterocycles. The van der Waals surface area contributed by atoms with Crippen molar-refractivity contribution in [2.45, 2.75) is 54.1 Å². The fourth-order valence-electron chi connectivity index (χ4n) is 4.74. The number of aliphatic hydroxyl groups excluding tert-OH is 5. The van der Waals surface area contributed by atoms with Crippen LogP contribution in [-0.4, -0.2) is 104 Å². The SMILES string of the molecule is O=C(/C=C/c1ccccc1)OC[C@]1(O)C2C(C=CO[C@H]2O[C@@H]2O[C@H](CO)[C@@H](O)[C@H](O)[C@H]2O)[C@H](O)[C@@H]1Cl. The Kier molecular flexibility index (Phi) is 8.35. The molecule has 1 aromatic carbocycles. The number of rotatable bonds is 7. The fourth-order valence-corrected chi connectivity index (χ4v) is 5.11. The van der Waals surface area contributed by atoms with Gasteiger partial charge in [0.05, 0.1) is 30.3 Å². The summed E-state index contributed by atoms with van der Waals surface area (Å²) in [6.45, 7) is -1.27. The lowest BCUT2D eigenvalue weighted by molar-refractivity contribution is -0.347. The Bertz CT molecular complexity index is 957. The molecule has 12 heteroatoms. The Labute approximate surface area is 211 Å². The molecule has 0 amide bonds. The van der Waals surface area contributed by atoms with Gasteiger partial charge < -0.3 is 49.6 Å². The van der Waals surface area contributed by atoms with Crippen LogP contribution in [0, 0.1) is 11.8 Å². The fraction of sp³-hybridized carbons (Fsp3) is 0.542. The molecule has 0 aromatic heterocycles. The van der Waals surface area contributed by atoms with Crippen LogP contribution in [0.1, 0.15) is 5.56 Å². The lowest BCUT2D eigenvalue weighted by Crippen LogP contribution is -2.61. The monoisotopic (exact) mass is 528 g/mol. The second-order valence-corrected chi connectivity index (χ2v) is 9.48. The highest BCUT2D eigenvalue weighted by Crippen LogP contribution is 2.49. The van der Waals surface area contributed by atoms with Gasteiger partial charge in [0.25, 0.3) is 0 Å². The maximum Gasteiger partial charge on any atom is 0.330 e. The number of hydrogen-bond acceptors (Lipinski definition) is 11. The van der Waals surface area contributed by atoms with E-state index >= 15 is 0 Å². The number of esters is 1. The number of halogens is 1. The molecule has 3 aliphatic rings. The minimum Gasteiger partial charge on any atom is -0.472 e. The summed E-state index contributed by atoms with van der Waals surface area (Å²) in [5, 5.41) is 60.7. The van der Waals surface area contributed by atoms with Gasteiger partial charge in [-0.05, 0) is 17.7 Å². The van der Waals surface area contributed by atoms with Gasteiger partial charge in [-0.25, -0.2) is 4.79 Å². The number of hydrogen-bond donors (Lipinski definition) is 6. The van der Waals surface area contributed by atoms with E-state index in [0.717, 1.165) is 5.56 Å². The molecular formula is C24H29ClO11. The van der Waals surface area contributed by atoms with Gasteiger partial charge in [0.2, 0.25) is 6.29 Å². The van der Waals surface area contributed by atoms with Crippen molar-refractivity contribution in [3.63, 3.8) is 0 Å². The zero-order valence-electron chi connectivity index (χ0n) is 19.0. The number of benzene rings is 1. The van der Waals surface area contributed by atoms with Crippen LogP contribution in [0.3, 0.4) is 0 Å². The minimum absolute atomic E-state index is 0.608. The maximum atomic E-state index is 12.3. The molecule has 1 saturated carbocycles. The smallest absolute Gasteiger partial charge is 0.330 e. The van der Waals surface area contributed by atoms with E-state index in [2.05, 4.69) is 0 Å². The standard InChI is InChI=1S/C24H29ClO11/c25-21-17(28)13-8-9-33-22(36-23-20(31)19(30)18(29)14(10-26)35-23)16(13)24(21,32)11-34-15(27)7-6-12-4-2-1-3-5-12/h1-9,13-14,16-23,26,28-32H,10-11H2/b7-6+/t13?,14-,16?,17+,18-,19+,20-,21+,22+,23+,24+/m1/s1. The summed E-state index contributed by atoms with van der Waals surface area (Å²) < 4.78 is 21.8. The zero-order chi connectivity index (χ0) is 26.0. The first-order chi connectivity index (χ1) is 17.2. The van der Waals surface area contributed by atoms with Crippen LogP contribution in [0.5, 0.6) is 0 Å². The molecule has 11 atom stereocenters. The highest BCUT2D eigenvalue weighted by Gasteiger charge is 2.64. The average molecular weight is 529 g/mol. The molecule has 4 rings (SSSR count). The van der Waals surface area contributed by atoms with Gasteiger partial charge in [-0.15, -0.1) is 11.6 Å². The lowest BCUT2D eigenvalue weighted by atomic mass is 9.84. The van der Waals surface area contributed by atoms with Crippen LogP contribution in [0.25, 0.3) is 6.08 Å². The average Bonchev–Trinajstić information content (AvgIpc) is 3.09. The molecule has 2 fully saturated rings. The van der Waals surface area contributed by atoms with E-state index in [4.69, 9.17) is 30.5 Å². The zero-order valence-corrected chi connectivity index (χ0v) is 19.7. The third-order valence-corrected chi connectivity index (χ3v) is 7.38. The number of ether oxygens (including phenoxy) is 4. The molecule has 6 N–H and O–H groups in total. The van der Waals surface area contributed by atoms with Gasteiger partial charge in [0, 0.05) is 12.0 Å². The molecule has 0 spiro atoms. The van der Waals surface area contributed by atoms with Crippen molar-refractivity contribution in [1.29, 1.82) is 0 Å². The van der Waals surface area contributed by atoms with E-state index in [1.54, 1.807) is 24.3 Å².